The normalized spacial score (nSPS) is 15.7. The van der Waals surface area contributed by atoms with Crippen LogP contribution in [0.2, 0.25) is 0 Å². The van der Waals surface area contributed by atoms with E-state index in [0.29, 0.717) is 16.5 Å². The first-order chi connectivity index (χ1) is 14.9. The average Bonchev–Trinajstić information content (AvgIpc) is 3.35. The lowest BCUT2D eigenvalue weighted by atomic mass is 10.1. The highest BCUT2D eigenvalue weighted by atomic mass is 32.1. The molecule has 158 valence electrons. The number of halogens is 1. The molecule has 7 nitrogen and oxygen atoms in total. The third-order valence-corrected chi connectivity index (χ3v) is 5.63. The molecular formula is C22H19FN4O3S. The zero-order valence-corrected chi connectivity index (χ0v) is 17.4. The molecule has 2 heterocycles. The van der Waals surface area contributed by atoms with E-state index in [1.54, 1.807) is 24.3 Å². The van der Waals surface area contributed by atoms with Crippen LogP contribution in [0, 0.1) is 11.7 Å². The Morgan fingerprint density at radius 2 is 1.87 bits per heavy atom. The minimum absolute atomic E-state index is 0.0169. The van der Waals surface area contributed by atoms with Crippen molar-refractivity contribution in [2.75, 3.05) is 22.1 Å². The number of carbonyl (C=O) groups is 3. The average molecular weight is 438 g/mol. The second-order valence-electron chi connectivity index (χ2n) is 7.14. The number of aromatic nitrogens is 1. The van der Waals surface area contributed by atoms with Crippen LogP contribution in [0.4, 0.5) is 20.9 Å². The van der Waals surface area contributed by atoms with Gasteiger partial charge in [0.2, 0.25) is 17.7 Å². The predicted molar refractivity (Wildman–Crippen MR) is 117 cm³/mol. The fraction of sp³-hybridized carbons (Fsp3) is 0.182. The van der Waals surface area contributed by atoms with Gasteiger partial charge in [-0.25, -0.2) is 9.37 Å². The van der Waals surface area contributed by atoms with Gasteiger partial charge in [0.25, 0.3) is 0 Å². The molecule has 4 rings (SSSR count). The molecule has 1 aromatic heterocycles. The van der Waals surface area contributed by atoms with Crippen LogP contribution in [-0.2, 0) is 14.4 Å². The van der Waals surface area contributed by atoms with Crippen LogP contribution in [0.3, 0.4) is 0 Å². The van der Waals surface area contributed by atoms with Crippen molar-refractivity contribution >= 4 is 45.6 Å². The number of amides is 3. The van der Waals surface area contributed by atoms with Gasteiger partial charge < -0.3 is 15.5 Å². The van der Waals surface area contributed by atoms with E-state index in [9.17, 15) is 18.8 Å². The van der Waals surface area contributed by atoms with E-state index in [1.807, 2.05) is 17.5 Å². The summed E-state index contributed by atoms with van der Waals surface area (Å²) in [5, 5.41) is 7.69. The van der Waals surface area contributed by atoms with E-state index >= 15 is 0 Å². The first-order valence-electron chi connectivity index (χ1n) is 9.60. The van der Waals surface area contributed by atoms with Gasteiger partial charge in [0.15, 0.2) is 5.13 Å². The summed E-state index contributed by atoms with van der Waals surface area (Å²) < 4.78 is 14.0. The maximum atomic E-state index is 14.0. The summed E-state index contributed by atoms with van der Waals surface area (Å²) in [6, 6.07) is 13.2. The number of carbonyl (C=O) groups excluding carboxylic acids is 3. The zero-order valence-electron chi connectivity index (χ0n) is 16.6. The maximum Gasteiger partial charge on any atom is 0.231 e. The van der Waals surface area contributed by atoms with Crippen LogP contribution in [0.5, 0.6) is 0 Å². The van der Waals surface area contributed by atoms with Gasteiger partial charge in [-0.15, -0.1) is 11.3 Å². The molecule has 31 heavy (non-hydrogen) atoms. The van der Waals surface area contributed by atoms with Crippen LogP contribution >= 0.6 is 11.3 Å². The van der Waals surface area contributed by atoms with E-state index in [0.717, 1.165) is 5.56 Å². The lowest BCUT2D eigenvalue weighted by molar-refractivity contribution is -0.122. The molecule has 2 N–H and O–H groups in total. The molecule has 0 aliphatic carbocycles. The number of hydrogen-bond donors (Lipinski definition) is 2. The van der Waals surface area contributed by atoms with E-state index in [-0.39, 0.29) is 36.4 Å². The first-order valence-corrected chi connectivity index (χ1v) is 10.5. The third-order valence-electron chi connectivity index (χ3n) is 4.87. The van der Waals surface area contributed by atoms with Gasteiger partial charge in [-0.05, 0) is 24.3 Å². The number of rotatable bonds is 5. The highest BCUT2D eigenvalue weighted by Gasteiger charge is 2.36. The number of benzene rings is 2. The quantitative estimate of drug-likeness (QED) is 0.632. The van der Waals surface area contributed by atoms with Gasteiger partial charge >= 0.3 is 0 Å². The van der Waals surface area contributed by atoms with Crippen LogP contribution in [-0.4, -0.2) is 29.3 Å². The van der Waals surface area contributed by atoms with Crippen molar-refractivity contribution < 1.29 is 18.8 Å². The molecule has 1 atom stereocenters. The Bertz CT molecular complexity index is 1150. The number of para-hydroxylation sites is 1. The van der Waals surface area contributed by atoms with Crippen molar-refractivity contribution in [3.05, 3.63) is 59.7 Å². The minimum atomic E-state index is -0.587. The van der Waals surface area contributed by atoms with Crippen molar-refractivity contribution in [2.45, 2.75) is 13.3 Å². The molecule has 1 aliphatic rings. The van der Waals surface area contributed by atoms with Crippen molar-refractivity contribution in [3.63, 3.8) is 0 Å². The lowest BCUT2D eigenvalue weighted by Gasteiger charge is -2.17. The Hall–Kier alpha value is -3.59. The van der Waals surface area contributed by atoms with Crippen molar-refractivity contribution in [2.24, 2.45) is 5.92 Å². The van der Waals surface area contributed by atoms with E-state index in [2.05, 4.69) is 15.6 Å². The second-order valence-corrected chi connectivity index (χ2v) is 8.00. The highest BCUT2D eigenvalue weighted by molar-refractivity contribution is 7.14. The van der Waals surface area contributed by atoms with Gasteiger partial charge in [0.05, 0.1) is 17.3 Å². The van der Waals surface area contributed by atoms with Crippen molar-refractivity contribution in [1.82, 2.24) is 4.98 Å². The smallest absolute Gasteiger partial charge is 0.231 e. The molecule has 0 saturated carbocycles. The Morgan fingerprint density at radius 3 is 2.58 bits per heavy atom. The Kier molecular flexibility index (Phi) is 5.77. The molecule has 1 aliphatic heterocycles. The molecule has 0 bridgehead atoms. The van der Waals surface area contributed by atoms with Crippen LogP contribution in [0.25, 0.3) is 11.3 Å². The fourth-order valence-electron chi connectivity index (χ4n) is 3.39. The van der Waals surface area contributed by atoms with Crippen LogP contribution < -0.4 is 15.5 Å². The summed E-state index contributed by atoms with van der Waals surface area (Å²) in [5.74, 6) is -1.84. The summed E-state index contributed by atoms with van der Waals surface area (Å²) >= 11 is 1.28. The Balaban J connectivity index is 1.41. The topological polar surface area (TPSA) is 91.4 Å². The van der Waals surface area contributed by atoms with Gasteiger partial charge in [-0.3, -0.25) is 14.4 Å². The summed E-state index contributed by atoms with van der Waals surface area (Å²) in [5.41, 5.74) is 2.39. The summed E-state index contributed by atoms with van der Waals surface area (Å²) in [6.45, 7) is 1.56. The molecule has 9 heteroatoms. The fourth-order valence-corrected chi connectivity index (χ4v) is 4.11. The zero-order chi connectivity index (χ0) is 22.0. The highest BCUT2D eigenvalue weighted by Crippen LogP contribution is 2.30. The van der Waals surface area contributed by atoms with E-state index in [4.69, 9.17) is 0 Å². The van der Waals surface area contributed by atoms with Crippen LogP contribution in [0.1, 0.15) is 13.3 Å². The van der Waals surface area contributed by atoms with Gasteiger partial charge in [-0.1, -0.05) is 24.3 Å². The predicted octanol–water partition coefficient (Wildman–Crippen LogP) is 3.90. The van der Waals surface area contributed by atoms with Gasteiger partial charge in [0, 0.05) is 36.5 Å². The Morgan fingerprint density at radius 1 is 1.13 bits per heavy atom. The molecule has 0 radical (unpaired) electrons. The molecule has 3 aromatic rings. The van der Waals surface area contributed by atoms with E-state index in [1.165, 1.54) is 35.3 Å². The Labute approximate surface area is 181 Å². The maximum absolute atomic E-state index is 14.0. The molecule has 2 aromatic carbocycles. The third kappa shape index (κ3) is 4.61. The summed E-state index contributed by atoms with van der Waals surface area (Å²) in [6.07, 6.45) is 0.0169. The monoisotopic (exact) mass is 438 g/mol. The number of anilines is 3. The number of nitrogens with zero attached hydrogens (tertiary/aromatic N) is 2. The first kappa shape index (κ1) is 20.7. The van der Waals surface area contributed by atoms with Gasteiger partial charge in [-0.2, -0.15) is 0 Å². The van der Waals surface area contributed by atoms with Crippen molar-refractivity contribution in [3.8, 4) is 11.3 Å². The molecule has 3 amide bonds. The number of nitrogens with one attached hydrogen (secondary N) is 2. The number of hydrogen-bond acceptors (Lipinski definition) is 5. The second kappa shape index (κ2) is 8.65. The van der Waals surface area contributed by atoms with Crippen LogP contribution in [0.15, 0.2) is 53.9 Å². The van der Waals surface area contributed by atoms with E-state index < -0.39 is 11.7 Å². The molecule has 1 fully saturated rings. The molecule has 1 saturated heterocycles. The lowest BCUT2D eigenvalue weighted by Crippen LogP contribution is -2.28. The molecule has 0 unspecified atom stereocenters. The SMILES string of the molecule is CC(=O)Nc1ccc(-c2csc(NC(=O)[C@H]3CC(=O)N(c4ccccc4F)C3)n2)cc1. The summed E-state index contributed by atoms with van der Waals surface area (Å²) in [7, 11) is 0. The minimum Gasteiger partial charge on any atom is -0.326 e. The standard InChI is InChI=1S/C22H19FN4O3S/c1-13(28)24-16-8-6-14(7-9-16)18-12-31-22(25-18)26-21(30)15-10-20(29)27(11-15)19-5-3-2-4-17(19)23/h2-9,12,15H,10-11H2,1H3,(H,24,28)(H,25,26,30)/t15-/m0/s1. The summed E-state index contributed by atoms with van der Waals surface area (Å²) in [4.78, 5) is 41.8. The van der Waals surface area contributed by atoms with Gasteiger partial charge in [0.1, 0.15) is 5.82 Å². The largest absolute Gasteiger partial charge is 0.326 e. The number of thiazole rings is 1. The molecular weight excluding hydrogens is 419 g/mol. The van der Waals surface area contributed by atoms with Crippen molar-refractivity contribution in [1.29, 1.82) is 0 Å². The molecule has 0 spiro atoms.